The van der Waals surface area contributed by atoms with Crippen LogP contribution in [-0.4, -0.2) is 98.3 Å². The number of anilines is 2. The summed E-state index contributed by atoms with van der Waals surface area (Å²) in [5.74, 6) is -0.906. The third kappa shape index (κ3) is 7.66. The number of hydrogen-bond acceptors (Lipinski definition) is 7. The molecule has 1 atom stereocenters. The normalized spacial score (nSPS) is 18.9. The third-order valence-electron chi connectivity index (χ3n) is 9.46. The molecule has 6 rings (SSSR count). The van der Waals surface area contributed by atoms with Gasteiger partial charge in [0.05, 0.1) is 17.4 Å². The highest BCUT2D eigenvalue weighted by Crippen LogP contribution is 2.34. The molecule has 49 heavy (non-hydrogen) atoms. The van der Waals surface area contributed by atoms with Crippen molar-refractivity contribution in [2.45, 2.75) is 83.5 Å². The molecule has 4 heterocycles. The molecule has 5 amide bonds. The van der Waals surface area contributed by atoms with Gasteiger partial charge in [-0.05, 0) is 60.5 Å². The number of urea groups is 1. The largest absolute Gasteiger partial charge is 0.361 e. The molecule has 0 N–H and O–H groups in total. The molecule has 1 aromatic heterocycles. The van der Waals surface area contributed by atoms with Crippen LogP contribution >= 0.6 is 0 Å². The van der Waals surface area contributed by atoms with E-state index < -0.39 is 28.1 Å². The first kappa shape index (κ1) is 35.0. The summed E-state index contributed by atoms with van der Waals surface area (Å²) in [7, 11) is -2.48. The number of carbonyl (C=O) groups is 4. The molecule has 3 aromatic rings. The molecular formula is C35H48N6O6Si2. The van der Waals surface area contributed by atoms with Gasteiger partial charge in [0.1, 0.15) is 19.5 Å². The van der Waals surface area contributed by atoms with Crippen molar-refractivity contribution in [2.24, 2.45) is 0 Å². The zero-order valence-electron chi connectivity index (χ0n) is 29.5. The van der Waals surface area contributed by atoms with Gasteiger partial charge < -0.3 is 18.9 Å². The summed E-state index contributed by atoms with van der Waals surface area (Å²) in [4.78, 5) is 64.0. The minimum absolute atomic E-state index is 0.0899. The number of imide groups is 1. The average molecular weight is 705 g/mol. The Labute approximate surface area is 289 Å². The molecule has 262 valence electrons. The number of ether oxygens (including phenoxy) is 2. The van der Waals surface area contributed by atoms with E-state index in [2.05, 4.69) is 44.3 Å². The van der Waals surface area contributed by atoms with Gasteiger partial charge in [0.2, 0.25) is 5.91 Å². The van der Waals surface area contributed by atoms with Crippen LogP contribution in [0.5, 0.6) is 0 Å². The summed E-state index contributed by atoms with van der Waals surface area (Å²) >= 11 is 0. The fourth-order valence-corrected chi connectivity index (χ4v) is 7.92. The number of amides is 5. The van der Waals surface area contributed by atoms with Gasteiger partial charge in [-0.1, -0.05) is 39.3 Å². The van der Waals surface area contributed by atoms with Crippen LogP contribution in [0.15, 0.2) is 42.7 Å². The van der Waals surface area contributed by atoms with Gasteiger partial charge in [-0.25, -0.2) is 9.78 Å². The topological polar surface area (TPSA) is 118 Å². The Morgan fingerprint density at radius 2 is 1.45 bits per heavy atom. The Balaban J connectivity index is 1.09. The van der Waals surface area contributed by atoms with Crippen LogP contribution in [-0.2, 0) is 32.3 Å². The summed E-state index contributed by atoms with van der Waals surface area (Å²) in [5, 5.41) is 0. The van der Waals surface area contributed by atoms with E-state index in [0.717, 1.165) is 45.9 Å². The number of rotatable bonds is 13. The predicted molar refractivity (Wildman–Crippen MR) is 194 cm³/mol. The highest BCUT2D eigenvalue weighted by molar-refractivity contribution is 6.76. The van der Waals surface area contributed by atoms with Gasteiger partial charge >= 0.3 is 6.03 Å². The summed E-state index contributed by atoms with van der Waals surface area (Å²) < 4.78 is 13.6. The molecule has 1 unspecified atom stereocenters. The lowest BCUT2D eigenvalue weighted by Crippen LogP contribution is -2.55. The number of imidazole rings is 1. The number of fused-ring (bicyclic) bond motifs is 2. The van der Waals surface area contributed by atoms with Crippen molar-refractivity contribution in [3.05, 3.63) is 53.9 Å². The van der Waals surface area contributed by atoms with Crippen LogP contribution < -0.4 is 9.80 Å². The van der Waals surface area contributed by atoms with E-state index in [1.807, 2.05) is 28.8 Å². The molecular weight excluding hydrogens is 657 g/mol. The average Bonchev–Trinajstić information content (AvgIpc) is 3.72. The Hall–Kier alpha value is -3.86. The highest BCUT2D eigenvalue weighted by Gasteiger charge is 2.43. The van der Waals surface area contributed by atoms with Crippen LogP contribution in [0, 0.1) is 0 Å². The molecule has 14 heteroatoms. The van der Waals surface area contributed by atoms with Crippen LogP contribution in [0.1, 0.15) is 28.8 Å². The molecule has 0 radical (unpaired) electrons. The Bertz CT molecular complexity index is 1770. The Kier molecular flexibility index (Phi) is 9.86. The second-order valence-electron chi connectivity index (χ2n) is 15.7. The first-order valence-electron chi connectivity index (χ1n) is 17.2. The standard InChI is InChI=1S/C35H48N6O6Si2/c1-48(2,3)17-15-46-23-37-22-36-29-20-27(8-10-30(29)37)39-14-13-38(35(39)45)26-7-9-28-25(19-26)21-40(33(28)43)31-11-12-32(42)41(34(31)44)24-47-16-18-49(4,5)6/h7-10,19-20,22,31H,11-18,21,23-24H2,1-6H3. The lowest BCUT2D eigenvalue weighted by molar-refractivity contribution is -0.158. The molecule has 0 aliphatic carbocycles. The summed E-state index contributed by atoms with van der Waals surface area (Å²) in [6.07, 6.45) is 2.23. The molecule has 2 saturated heterocycles. The third-order valence-corrected chi connectivity index (χ3v) is 12.9. The highest BCUT2D eigenvalue weighted by atomic mass is 28.3. The molecule has 2 aromatic carbocycles. The monoisotopic (exact) mass is 704 g/mol. The minimum atomic E-state index is -1.32. The van der Waals surface area contributed by atoms with E-state index in [1.54, 1.807) is 33.2 Å². The van der Waals surface area contributed by atoms with Crippen molar-refractivity contribution in [3.8, 4) is 0 Å². The number of piperidine rings is 1. The molecule has 3 aliphatic heterocycles. The number of benzene rings is 2. The zero-order valence-corrected chi connectivity index (χ0v) is 31.5. The lowest BCUT2D eigenvalue weighted by Gasteiger charge is -2.35. The summed E-state index contributed by atoms with van der Waals surface area (Å²) in [6.45, 7) is 16.5. The summed E-state index contributed by atoms with van der Waals surface area (Å²) in [5.41, 5.74) is 4.49. The Morgan fingerprint density at radius 1 is 0.816 bits per heavy atom. The minimum Gasteiger partial charge on any atom is -0.361 e. The van der Waals surface area contributed by atoms with Crippen molar-refractivity contribution < 1.29 is 28.7 Å². The van der Waals surface area contributed by atoms with Gasteiger partial charge in [-0.2, -0.15) is 0 Å². The quantitative estimate of drug-likeness (QED) is 0.130. The van der Waals surface area contributed by atoms with Gasteiger partial charge in [0.25, 0.3) is 11.8 Å². The number of likely N-dealkylation sites (tertiary alicyclic amines) is 1. The first-order valence-corrected chi connectivity index (χ1v) is 24.6. The van der Waals surface area contributed by atoms with Gasteiger partial charge in [-0.3, -0.25) is 29.1 Å². The lowest BCUT2D eigenvalue weighted by atomic mass is 10.0. The van der Waals surface area contributed by atoms with E-state index in [4.69, 9.17) is 9.47 Å². The number of nitrogens with zero attached hydrogens (tertiary/aromatic N) is 6. The van der Waals surface area contributed by atoms with Gasteiger partial charge in [0, 0.05) is 72.4 Å². The van der Waals surface area contributed by atoms with Crippen molar-refractivity contribution in [1.82, 2.24) is 19.4 Å². The first-order chi connectivity index (χ1) is 23.2. The second-order valence-corrected chi connectivity index (χ2v) is 26.9. The number of hydrogen-bond donors (Lipinski definition) is 0. The van der Waals surface area contributed by atoms with Crippen LogP contribution in [0.3, 0.4) is 0 Å². The molecule has 2 fully saturated rings. The molecule has 12 nitrogen and oxygen atoms in total. The van der Waals surface area contributed by atoms with E-state index in [-0.39, 0.29) is 44.0 Å². The summed E-state index contributed by atoms with van der Waals surface area (Å²) in [6, 6.07) is 12.4. The second kappa shape index (κ2) is 13.8. The number of aromatic nitrogens is 2. The molecule has 0 bridgehead atoms. The SMILES string of the molecule is C[Si](C)(C)CCOCN1C(=O)CCC(N2Cc3cc(N4CCN(c5ccc6c(c5)ncn6COCC[Si](C)(C)C)C4=O)ccc3C2=O)C1=O. The van der Waals surface area contributed by atoms with E-state index in [9.17, 15) is 19.2 Å². The maximum atomic E-state index is 13.7. The van der Waals surface area contributed by atoms with Crippen LogP contribution in [0.2, 0.25) is 51.4 Å². The molecule has 0 saturated carbocycles. The predicted octanol–water partition coefficient (Wildman–Crippen LogP) is 5.58. The van der Waals surface area contributed by atoms with Crippen molar-refractivity contribution in [2.75, 3.05) is 42.8 Å². The molecule has 0 spiro atoms. The molecule has 3 aliphatic rings. The van der Waals surface area contributed by atoms with Gasteiger partial charge in [0.15, 0.2) is 0 Å². The fraction of sp³-hybridized carbons (Fsp3) is 0.514. The maximum Gasteiger partial charge on any atom is 0.329 e. The van der Waals surface area contributed by atoms with E-state index in [1.165, 1.54) is 0 Å². The van der Waals surface area contributed by atoms with Crippen molar-refractivity contribution in [1.29, 1.82) is 0 Å². The zero-order chi connectivity index (χ0) is 35.1. The van der Waals surface area contributed by atoms with E-state index in [0.29, 0.717) is 37.7 Å². The number of carbonyl (C=O) groups excluding carboxylic acids is 4. The van der Waals surface area contributed by atoms with Crippen LogP contribution in [0.25, 0.3) is 11.0 Å². The van der Waals surface area contributed by atoms with Crippen molar-refractivity contribution >= 4 is 62.3 Å². The smallest absolute Gasteiger partial charge is 0.329 e. The fourth-order valence-electron chi connectivity index (χ4n) is 6.41. The maximum absolute atomic E-state index is 13.7. The van der Waals surface area contributed by atoms with Crippen molar-refractivity contribution in [3.63, 3.8) is 0 Å². The van der Waals surface area contributed by atoms with Gasteiger partial charge in [-0.15, -0.1) is 0 Å². The van der Waals surface area contributed by atoms with E-state index >= 15 is 0 Å². The Morgan fingerprint density at radius 3 is 2.12 bits per heavy atom. The van der Waals surface area contributed by atoms with Crippen LogP contribution in [0.4, 0.5) is 16.2 Å².